The second-order valence-corrected chi connectivity index (χ2v) is 4.72. The minimum Gasteiger partial charge on any atom is -0.411 e. The van der Waals surface area contributed by atoms with E-state index in [-0.39, 0.29) is 18.0 Å². The third kappa shape index (κ3) is 5.44. The third-order valence-electron chi connectivity index (χ3n) is 2.97. The molecule has 1 aromatic carbocycles. The van der Waals surface area contributed by atoms with Crippen LogP contribution in [0.15, 0.2) is 36.5 Å². The molecule has 0 atom stereocenters. The Morgan fingerprint density at radius 2 is 1.84 bits per heavy atom. The van der Waals surface area contributed by atoms with Gasteiger partial charge >= 0.3 is 12.4 Å². The van der Waals surface area contributed by atoms with E-state index in [1.165, 1.54) is 18.2 Å². The standard InChI is InChI=1S/C15H14F3N3O4/c1-2-21-8-11(7-13(21)24-9-22)20-14(23)19-10-3-5-12(6-4-10)25-15(16,17)18/h3-9H,2H2,1H3,(H2,19,20,23). The first-order valence-electron chi connectivity index (χ1n) is 7.05. The Bertz CT molecular complexity index is 741. The van der Waals surface area contributed by atoms with Gasteiger partial charge in [0.15, 0.2) is 0 Å². The zero-order chi connectivity index (χ0) is 18.4. The normalized spacial score (nSPS) is 10.9. The average molecular weight is 357 g/mol. The van der Waals surface area contributed by atoms with Crippen molar-refractivity contribution in [2.24, 2.45) is 0 Å². The predicted octanol–water partition coefficient (Wildman–Crippen LogP) is 3.59. The minimum absolute atomic E-state index is 0.265. The molecule has 7 nitrogen and oxygen atoms in total. The molecule has 2 rings (SSSR count). The lowest BCUT2D eigenvalue weighted by atomic mass is 10.3. The van der Waals surface area contributed by atoms with Crippen LogP contribution in [-0.2, 0) is 11.3 Å². The van der Waals surface area contributed by atoms with E-state index in [4.69, 9.17) is 4.74 Å². The highest BCUT2D eigenvalue weighted by Crippen LogP contribution is 2.24. The predicted molar refractivity (Wildman–Crippen MR) is 82.6 cm³/mol. The summed E-state index contributed by atoms with van der Waals surface area (Å²) in [5.74, 6) is -0.129. The Labute approximate surface area is 140 Å². The number of aromatic nitrogens is 1. The molecule has 0 fully saturated rings. The van der Waals surface area contributed by atoms with Crippen LogP contribution in [0.3, 0.4) is 0 Å². The van der Waals surface area contributed by atoms with Gasteiger partial charge in [-0.3, -0.25) is 4.79 Å². The lowest BCUT2D eigenvalue weighted by molar-refractivity contribution is -0.274. The maximum absolute atomic E-state index is 12.1. The molecule has 0 aliphatic carbocycles. The van der Waals surface area contributed by atoms with Crippen molar-refractivity contribution in [3.05, 3.63) is 36.5 Å². The SMILES string of the molecule is CCn1cc(NC(=O)Nc2ccc(OC(F)(F)F)cc2)cc1OC=O. The number of halogens is 3. The molecule has 0 saturated heterocycles. The number of hydrogen-bond acceptors (Lipinski definition) is 4. The number of ether oxygens (including phenoxy) is 2. The van der Waals surface area contributed by atoms with Gasteiger partial charge in [-0.1, -0.05) is 0 Å². The van der Waals surface area contributed by atoms with Crippen molar-refractivity contribution >= 4 is 23.9 Å². The highest BCUT2D eigenvalue weighted by Gasteiger charge is 2.30. The number of amides is 2. The summed E-state index contributed by atoms with van der Waals surface area (Å²) >= 11 is 0. The van der Waals surface area contributed by atoms with E-state index in [1.807, 2.05) is 6.92 Å². The van der Waals surface area contributed by atoms with E-state index in [1.54, 1.807) is 10.8 Å². The molecule has 0 bridgehead atoms. The molecule has 0 aliphatic rings. The van der Waals surface area contributed by atoms with Crippen molar-refractivity contribution in [1.82, 2.24) is 4.57 Å². The van der Waals surface area contributed by atoms with Gasteiger partial charge in [-0.15, -0.1) is 13.2 Å². The smallest absolute Gasteiger partial charge is 0.411 e. The zero-order valence-corrected chi connectivity index (χ0v) is 13.0. The van der Waals surface area contributed by atoms with Gasteiger partial charge in [0.2, 0.25) is 5.88 Å². The fraction of sp³-hybridized carbons (Fsp3) is 0.200. The number of rotatable bonds is 6. The fourth-order valence-corrected chi connectivity index (χ4v) is 1.98. The highest BCUT2D eigenvalue weighted by atomic mass is 19.4. The largest absolute Gasteiger partial charge is 0.573 e. The Kier molecular flexibility index (Phi) is 5.52. The van der Waals surface area contributed by atoms with Crippen LogP contribution in [-0.4, -0.2) is 23.4 Å². The van der Waals surface area contributed by atoms with Gasteiger partial charge in [0.1, 0.15) is 5.75 Å². The van der Waals surface area contributed by atoms with Gasteiger partial charge in [0.05, 0.1) is 5.69 Å². The number of nitrogens with zero attached hydrogens (tertiary/aromatic N) is 1. The maximum Gasteiger partial charge on any atom is 0.573 e. The monoisotopic (exact) mass is 357 g/mol. The van der Waals surface area contributed by atoms with Crippen molar-refractivity contribution in [3.63, 3.8) is 0 Å². The molecule has 1 heterocycles. The van der Waals surface area contributed by atoms with Crippen LogP contribution in [0.4, 0.5) is 29.3 Å². The number of carbonyl (C=O) groups is 2. The highest BCUT2D eigenvalue weighted by molar-refractivity contribution is 5.99. The van der Waals surface area contributed by atoms with Gasteiger partial charge in [-0.2, -0.15) is 0 Å². The first-order chi connectivity index (χ1) is 11.8. The molecule has 0 spiro atoms. The number of benzene rings is 1. The summed E-state index contributed by atoms with van der Waals surface area (Å²) in [6.45, 7) is 2.62. The number of carbonyl (C=O) groups excluding carboxylic acids is 2. The molecular weight excluding hydrogens is 343 g/mol. The Hall–Kier alpha value is -3.17. The number of aryl methyl sites for hydroxylation is 1. The van der Waals surface area contributed by atoms with Crippen LogP contribution in [0.1, 0.15) is 6.92 Å². The lowest BCUT2D eigenvalue weighted by Crippen LogP contribution is -2.19. The summed E-state index contributed by atoms with van der Waals surface area (Å²) in [5, 5.41) is 4.97. The molecular formula is C15H14F3N3O4. The van der Waals surface area contributed by atoms with E-state index < -0.39 is 18.1 Å². The van der Waals surface area contributed by atoms with Crippen LogP contribution >= 0.6 is 0 Å². The first-order valence-corrected chi connectivity index (χ1v) is 7.05. The summed E-state index contributed by atoms with van der Waals surface area (Å²) in [6.07, 6.45) is -3.21. The molecule has 0 aliphatic heterocycles. The molecule has 0 unspecified atom stereocenters. The molecule has 0 radical (unpaired) electrons. The van der Waals surface area contributed by atoms with Crippen LogP contribution < -0.4 is 20.1 Å². The second kappa shape index (κ2) is 7.60. The fourth-order valence-electron chi connectivity index (χ4n) is 1.98. The molecule has 10 heteroatoms. The average Bonchev–Trinajstić information content (AvgIpc) is 2.89. The Morgan fingerprint density at radius 3 is 2.40 bits per heavy atom. The van der Waals surface area contributed by atoms with E-state index in [0.717, 1.165) is 12.1 Å². The minimum atomic E-state index is -4.78. The van der Waals surface area contributed by atoms with E-state index in [2.05, 4.69) is 15.4 Å². The summed E-state index contributed by atoms with van der Waals surface area (Å²) in [6, 6.07) is 5.52. The summed E-state index contributed by atoms with van der Waals surface area (Å²) in [5.41, 5.74) is 0.652. The molecule has 2 amide bonds. The van der Waals surface area contributed by atoms with Crippen molar-refractivity contribution in [2.45, 2.75) is 19.8 Å². The Balaban J connectivity index is 1.97. The quantitative estimate of drug-likeness (QED) is 0.774. The molecule has 25 heavy (non-hydrogen) atoms. The lowest BCUT2D eigenvalue weighted by Gasteiger charge is -2.10. The van der Waals surface area contributed by atoms with Crippen molar-refractivity contribution < 1.29 is 32.2 Å². The van der Waals surface area contributed by atoms with Crippen LogP contribution in [0.5, 0.6) is 11.6 Å². The number of urea groups is 1. The van der Waals surface area contributed by atoms with Crippen LogP contribution in [0, 0.1) is 0 Å². The van der Waals surface area contributed by atoms with Gasteiger partial charge in [0.25, 0.3) is 6.47 Å². The van der Waals surface area contributed by atoms with Crippen molar-refractivity contribution in [2.75, 3.05) is 10.6 Å². The van der Waals surface area contributed by atoms with Crippen LogP contribution in [0.25, 0.3) is 0 Å². The molecule has 0 saturated carbocycles. The van der Waals surface area contributed by atoms with Gasteiger partial charge in [-0.05, 0) is 31.2 Å². The first kappa shape index (κ1) is 18.2. The van der Waals surface area contributed by atoms with Gasteiger partial charge in [-0.25, -0.2) is 4.79 Å². The third-order valence-corrected chi connectivity index (χ3v) is 2.97. The van der Waals surface area contributed by atoms with E-state index >= 15 is 0 Å². The second-order valence-electron chi connectivity index (χ2n) is 4.72. The van der Waals surface area contributed by atoms with E-state index in [9.17, 15) is 22.8 Å². The molecule has 2 aromatic rings. The molecule has 2 N–H and O–H groups in total. The van der Waals surface area contributed by atoms with Crippen LogP contribution in [0.2, 0.25) is 0 Å². The summed E-state index contributed by atoms with van der Waals surface area (Å²) in [7, 11) is 0. The van der Waals surface area contributed by atoms with Gasteiger partial charge in [0, 0.05) is 24.5 Å². The number of nitrogens with one attached hydrogen (secondary N) is 2. The van der Waals surface area contributed by atoms with E-state index in [0.29, 0.717) is 12.2 Å². The molecule has 134 valence electrons. The number of hydrogen-bond donors (Lipinski definition) is 2. The summed E-state index contributed by atoms with van der Waals surface area (Å²) < 4.78 is 46.3. The zero-order valence-electron chi connectivity index (χ0n) is 13.0. The number of alkyl halides is 3. The van der Waals surface area contributed by atoms with Crippen molar-refractivity contribution in [1.29, 1.82) is 0 Å². The summed E-state index contributed by atoms with van der Waals surface area (Å²) in [4.78, 5) is 22.3. The van der Waals surface area contributed by atoms with Crippen molar-refractivity contribution in [3.8, 4) is 11.6 Å². The topological polar surface area (TPSA) is 81.6 Å². The number of anilines is 2. The van der Waals surface area contributed by atoms with Gasteiger partial charge < -0.3 is 24.7 Å². The Morgan fingerprint density at radius 1 is 1.20 bits per heavy atom. The maximum atomic E-state index is 12.1. The molecule has 1 aromatic heterocycles.